The Morgan fingerprint density at radius 3 is 1.16 bits per heavy atom. The molecule has 0 saturated heterocycles. The van der Waals surface area contributed by atoms with Crippen molar-refractivity contribution in [2.45, 2.75) is 282 Å². The number of carbonyl (C=O) groups excluding carboxylic acids is 2. The van der Waals surface area contributed by atoms with Gasteiger partial charge in [-0.15, -0.1) is 22.7 Å². The fourth-order valence-corrected chi connectivity index (χ4v) is 27.0. The van der Waals surface area contributed by atoms with Gasteiger partial charge < -0.3 is 48.5 Å². The predicted octanol–water partition coefficient (Wildman–Crippen LogP) is 23.7. The fourth-order valence-electron chi connectivity index (χ4n) is 15.9. The number of benzene rings is 6. The molecular formula is C90H123BIK2N2O13P2PdS2-. The van der Waals surface area contributed by atoms with Crippen LogP contribution < -0.4 is 24.4 Å². The molecule has 0 unspecified atom stereocenters. The minimum atomic E-state index is -1.51. The van der Waals surface area contributed by atoms with Crippen molar-refractivity contribution in [2.24, 2.45) is 0 Å². The Labute approximate surface area is 805 Å². The molecule has 15 nitrogen and oxygen atoms in total. The van der Waals surface area contributed by atoms with Gasteiger partial charge in [-0.1, -0.05) is 263 Å². The van der Waals surface area contributed by atoms with Crippen LogP contribution in [-0.2, 0) is 61.3 Å². The van der Waals surface area contributed by atoms with Crippen LogP contribution in [0.4, 0.5) is 0 Å². The molecular weight excluding hydrogens is 1770 g/mol. The Morgan fingerprint density at radius 2 is 0.798 bits per heavy atom. The van der Waals surface area contributed by atoms with Gasteiger partial charge in [-0.25, -0.2) is 24.8 Å². The van der Waals surface area contributed by atoms with Gasteiger partial charge >= 0.3 is 19.1 Å². The first-order valence-corrected chi connectivity index (χ1v) is 45.4. The largest absolute Gasteiger partial charge is 0.509 e. The van der Waals surface area contributed by atoms with Crippen LogP contribution in [0.25, 0.3) is 11.1 Å². The number of ether oxygens (including phenoxy) is 5. The third-order valence-electron chi connectivity index (χ3n) is 21.1. The van der Waals surface area contributed by atoms with E-state index in [4.69, 9.17) is 38.8 Å². The summed E-state index contributed by atoms with van der Waals surface area (Å²) in [7, 11) is -0.742. The molecule has 6 fully saturated rings. The van der Waals surface area contributed by atoms with Gasteiger partial charge in [-0.3, -0.25) is 0 Å². The van der Waals surface area contributed by atoms with E-state index in [-0.39, 0.29) is 164 Å². The summed E-state index contributed by atoms with van der Waals surface area (Å²) < 4.78 is 29.0. The summed E-state index contributed by atoms with van der Waals surface area (Å²) in [5.74, 6) is 1.36. The van der Waals surface area contributed by atoms with E-state index in [0.717, 1.165) is 48.8 Å². The second-order valence-corrected chi connectivity index (χ2v) is 37.9. The number of carboxylic acids is 1. The van der Waals surface area contributed by atoms with E-state index in [9.17, 15) is 19.6 Å². The van der Waals surface area contributed by atoms with Crippen LogP contribution in [0, 0.1) is 3.57 Å². The van der Waals surface area contributed by atoms with Gasteiger partial charge in [0.15, 0.2) is 11.4 Å². The number of thiazole rings is 2. The molecule has 114 heavy (non-hydrogen) atoms. The summed E-state index contributed by atoms with van der Waals surface area (Å²) in [5, 5.41) is 38.8. The Bertz CT molecular complexity index is 3670. The zero-order valence-corrected chi connectivity index (χ0v) is 78.6. The molecule has 0 amide bonds. The monoisotopic (exact) mass is 1890 g/mol. The number of hydrogen-bond acceptors (Lipinski definition) is 16. The van der Waals surface area contributed by atoms with E-state index in [2.05, 4.69) is 37.4 Å². The molecule has 8 aromatic rings. The SMILES string of the molecule is C.C.C.C1CCC(P(C2CCCCC2)C2CCCCC2)CC1.C1CCC(P(C2CCCCC2)C2CCCCC2)CC1.CCOC(=O)c1csc(COc2ccc(I)cc2)n1.O=C(O)c1csc(COc2ccc(-c3ccccc3OCc3ccccc3)cc2)n1.O=[C-]OO.OB(O)c1ccccc1OCc1ccccc1.[K].[K].[Pd]. The standard InChI is InChI=1S/C24H19NO4S.2C18H33P.C13H13BO3.C13H12INO3S.CHO3.3CH4.2K.Pd/c26-24(27)21-16-30-23(25-21)15-28-19-12-10-18(11-13-19)20-8-4-5-9-22(20)29-14-17-6-2-1-3-7-17;2*1-4-10-16(11-5-1)19(17-12-6-2-7-13-17)18-14-8-3-9-15-18;15-14(16)12-8-4-5-9-13(12)17-10-11-6-2-1-3-7-11;1-2-17-13(16)11-8-19-12(15-11)7-18-10-5-3-9(14)4-6-10;2-1-4-3;;;;;;/h1-13,16H,14-15H2,(H,26,27);2*16-18H,1-15H2;1-9,15-16H,10H2;3-6,8H,2,7H2,1H3;3H;3*1H4;;;/q;;;;;-1;;;;;;. The van der Waals surface area contributed by atoms with Crippen LogP contribution in [0.3, 0.4) is 0 Å². The van der Waals surface area contributed by atoms with Crippen LogP contribution in [-0.4, -0.2) is 199 Å². The number of carboxylic acid groups (broad SMARTS) is 1. The number of aromatic nitrogens is 2. The zero-order chi connectivity index (χ0) is 75.8. The van der Waals surface area contributed by atoms with Crippen molar-refractivity contribution in [3.63, 3.8) is 0 Å². The molecule has 14 rings (SSSR count). The van der Waals surface area contributed by atoms with Crippen molar-refractivity contribution < 1.29 is 83.8 Å². The van der Waals surface area contributed by atoms with Crippen molar-refractivity contribution in [2.75, 3.05) is 6.61 Å². The van der Waals surface area contributed by atoms with Crippen LogP contribution in [0.15, 0.2) is 168 Å². The van der Waals surface area contributed by atoms with Crippen LogP contribution >= 0.6 is 61.1 Å². The topological polar surface area (TPSA) is 213 Å². The van der Waals surface area contributed by atoms with Crippen LogP contribution in [0.1, 0.15) is 264 Å². The number of rotatable bonds is 24. The average Bonchev–Trinajstić information content (AvgIpc) is 1.09. The molecule has 6 aliphatic rings. The minimum absolute atomic E-state index is 0. The summed E-state index contributed by atoms with van der Waals surface area (Å²) in [5.41, 5.74) is 12.1. The van der Waals surface area contributed by atoms with Gasteiger partial charge in [0, 0.05) is 149 Å². The van der Waals surface area contributed by atoms with Gasteiger partial charge in [0.05, 0.1) is 6.61 Å². The first-order valence-electron chi connectivity index (χ1n) is 39.5. The molecule has 2 radical (unpaired) electrons. The Balaban J connectivity index is 0.000000365. The van der Waals surface area contributed by atoms with Crippen molar-refractivity contribution >= 4 is 195 Å². The molecule has 6 aliphatic carbocycles. The second kappa shape index (κ2) is 61.9. The van der Waals surface area contributed by atoms with E-state index in [1.54, 1.807) is 191 Å². The molecule has 6 saturated carbocycles. The number of halogens is 1. The van der Waals surface area contributed by atoms with Crippen LogP contribution in [0.2, 0.25) is 0 Å². The molecule has 2 aromatic heterocycles. The molecule has 0 aliphatic heterocycles. The quantitative estimate of drug-likeness (QED) is 0.00842. The summed E-state index contributed by atoms with van der Waals surface area (Å²) in [4.78, 5) is 41.9. The van der Waals surface area contributed by atoms with Crippen molar-refractivity contribution in [3.8, 4) is 34.1 Å². The normalized spacial score (nSPS) is 15.8. The van der Waals surface area contributed by atoms with Gasteiger partial charge in [0.2, 0.25) is 0 Å². The average molecular weight is 1890 g/mol. The predicted molar refractivity (Wildman–Crippen MR) is 481 cm³/mol. The first-order chi connectivity index (χ1) is 53.0. The van der Waals surface area contributed by atoms with Crippen LogP contribution in [0.5, 0.6) is 23.0 Å². The number of nitrogens with zero attached hydrogens (tertiary/aromatic N) is 2. The summed E-state index contributed by atoms with van der Waals surface area (Å²) >= 11 is 4.89. The first kappa shape index (κ1) is 106. The van der Waals surface area contributed by atoms with Crippen molar-refractivity contribution in [3.05, 3.63) is 205 Å². The second-order valence-electron chi connectivity index (χ2n) is 28.6. The van der Waals surface area contributed by atoms with E-state index < -0.39 is 13.1 Å². The molecule has 0 spiro atoms. The van der Waals surface area contributed by atoms with E-state index in [1.165, 1.54) is 101 Å². The fraction of sp³-hybridized carbons (Fsp3) is 0.500. The molecule has 2 heterocycles. The number of aromatic carboxylic acids is 1. The number of esters is 1. The molecule has 6 aromatic carbocycles. The molecule has 0 atom stereocenters. The van der Waals surface area contributed by atoms with Gasteiger partial charge in [-0.05, 0) is 212 Å². The maximum absolute atomic E-state index is 11.5. The third-order valence-corrected chi connectivity index (χ3v) is 31.6. The molecule has 616 valence electrons. The van der Waals surface area contributed by atoms with Crippen molar-refractivity contribution in [1.82, 2.24) is 9.97 Å². The Kier molecular flexibility index (Phi) is 57.4. The summed E-state index contributed by atoms with van der Waals surface area (Å²) in [6, 6.07) is 50.1. The van der Waals surface area contributed by atoms with Crippen molar-refractivity contribution in [1.29, 1.82) is 0 Å². The minimum Gasteiger partial charge on any atom is -0.509 e. The Hall–Kier alpha value is -2.34. The maximum atomic E-state index is 11.5. The van der Waals surface area contributed by atoms with Gasteiger partial charge in [0.1, 0.15) is 59.4 Å². The third kappa shape index (κ3) is 37.6. The number of carbonyl (C=O) groups is 2. The molecule has 4 N–H and O–H groups in total. The maximum Gasteiger partial charge on any atom is 0.492 e. The van der Waals surface area contributed by atoms with E-state index in [0.29, 0.717) is 69.9 Å². The number of hydrogen-bond donors (Lipinski definition) is 4. The zero-order valence-electron chi connectivity index (χ0n) is 65.2. The molecule has 0 bridgehead atoms. The Morgan fingerprint density at radius 1 is 0.465 bits per heavy atom. The van der Waals surface area contributed by atoms with E-state index in [1.807, 2.05) is 133 Å². The number of para-hydroxylation sites is 2. The smallest absolute Gasteiger partial charge is 0.492 e. The summed E-state index contributed by atoms with van der Waals surface area (Å²) in [6.07, 6.45) is 47.2. The van der Waals surface area contributed by atoms with E-state index >= 15 is 0 Å². The summed E-state index contributed by atoms with van der Waals surface area (Å²) in [6.45, 7) is 4.35. The molecule has 24 heteroatoms. The van der Waals surface area contributed by atoms with Gasteiger partial charge in [-0.2, -0.15) is 0 Å². The van der Waals surface area contributed by atoms with Gasteiger partial charge in [0.25, 0.3) is 0 Å².